The Morgan fingerprint density at radius 2 is 2.05 bits per heavy atom. The smallest absolute Gasteiger partial charge is 0.227 e. The molecule has 1 amide bonds. The number of rotatable bonds is 4. The molecule has 2 rings (SSSR count). The molecule has 1 aromatic heterocycles. The van der Waals surface area contributed by atoms with Crippen molar-refractivity contribution in [1.82, 2.24) is 15.3 Å². The van der Waals surface area contributed by atoms with E-state index in [2.05, 4.69) is 41.4 Å². The number of nitrogens with zero attached hydrogens (tertiary/aromatic N) is 1. The number of carbonyl (C=O) groups excluding carboxylic acids is 1. The van der Waals surface area contributed by atoms with Crippen LogP contribution in [0.25, 0.3) is 11.0 Å². The molecule has 0 radical (unpaired) electrons. The van der Waals surface area contributed by atoms with E-state index < -0.39 is 0 Å². The molecule has 0 bridgehead atoms. The number of anilines is 1. The van der Waals surface area contributed by atoms with Crippen molar-refractivity contribution in [2.45, 2.75) is 32.7 Å². The number of para-hydroxylation sites is 2. The van der Waals surface area contributed by atoms with Gasteiger partial charge in [0.2, 0.25) is 11.9 Å². The van der Waals surface area contributed by atoms with E-state index in [1.807, 2.05) is 24.3 Å². The van der Waals surface area contributed by atoms with Gasteiger partial charge in [0.15, 0.2) is 0 Å². The van der Waals surface area contributed by atoms with Gasteiger partial charge in [-0.1, -0.05) is 12.1 Å². The van der Waals surface area contributed by atoms with Crippen molar-refractivity contribution in [1.29, 1.82) is 0 Å². The van der Waals surface area contributed by atoms with E-state index in [1.165, 1.54) is 0 Å². The molecule has 102 valence electrons. The Morgan fingerprint density at radius 1 is 1.32 bits per heavy atom. The van der Waals surface area contributed by atoms with Crippen molar-refractivity contribution in [3.63, 3.8) is 0 Å². The van der Waals surface area contributed by atoms with E-state index in [4.69, 9.17) is 0 Å². The number of H-pyrrole nitrogens is 1. The highest BCUT2D eigenvalue weighted by atomic mass is 16.1. The Bertz CT molecular complexity index is 535. The minimum Gasteiger partial charge on any atom is -0.324 e. The number of aromatic nitrogens is 2. The molecule has 0 spiro atoms. The monoisotopic (exact) mass is 260 g/mol. The van der Waals surface area contributed by atoms with Crippen molar-refractivity contribution in [3.05, 3.63) is 24.3 Å². The first kappa shape index (κ1) is 13.5. The molecule has 19 heavy (non-hydrogen) atoms. The molecule has 0 fully saturated rings. The standard InChI is InChI=1S/C14H20N4O/c1-14(2,3)15-9-8-12(19)18-13-16-10-6-4-5-7-11(10)17-13/h4-7,15H,8-9H2,1-3H3,(H2,16,17,18,19). The topological polar surface area (TPSA) is 69.8 Å². The lowest BCUT2D eigenvalue weighted by atomic mass is 10.1. The fourth-order valence-electron chi connectivity index (χ4n) is 1.76. The number of carbonyl (C=O) groups is 1. The van der Waals surface area contributed by atoms with Crippen LogP contribution in [0.3, 0.4) is 0 Å². The Kier molecular flexibility index (Phi) is 3.85. The van der Waals surface area contributed by atoms with Crippen LogP contribution in [0.4, 0.5) is 5.95 Å². The molecule has 1 aromatic carbocycles. The number of aromatic amines is 1. The first-order chi connectivity index (χ1) is 8.94. The third kappa shape index (κ3) is 4.06. The summed E-state index contributed by atoms with van der Waals surface area (Å²) >= 11 is 0. The Hall–Kier alpha value is -1.88. The molecule has 0 aliphatic carbocycles. The van der Waals surface area contributed by atoms with Crippen molar-refractivity contribution in [2.24, 2.45) is 0 Å². The normalized spacial score (nSPS) is 11.7. The van der Waals surface area contributed by atoms with Gasteiger partial charge >= 0.3 is 0 Å². The third-order valence-corrected chi connectivity index (χ3v) is 2.65. The Morgan fingerprint density at radius 3 is 2.74 bits per heavy atom. The Labute approximate surface area is 112 Å². The van der Waals surface area contributed by atoms with Crippen LogP contribution in [0.2, 0.25) is 0 Å². The second kappa shape index (κ2) is 5.40. The first-order valence-electron chi connectivity index (χ1n) is 6.44. The minimum atomic E-state index is -0.0455. The van der Waals surface area contributed by atoms with Gasteiger partial charge in [0.1, 0.15) is 0 Å². The lowest BCUT2D eigenvalue weighted by molar-refractivity contribution is -0.116. The van der Waals surface area contributed by atoms with E-state index in [9.17, 15) is 4.79 Å². The summed E-state index contributed by atoms with van der Waals surface area (Å²) in [6.45, 7) is 6.87. The van der Waals surface area contributed by atoms with E-state index in [1.54, 1.807) is 0 Å². The maximum atomic E-state index is 11.8. The summed E-state index contributed by atoms with van der Waals surface area (Å²) in [6, 6.07) is 7.68. The zero-order chi connectivity index (χ0) is 13.9. The van der Waals surface area contributed by atoms with Crippen LogP contribution in [0.1, 0.15) is 27.2 Å². The summed E-state index contributed by atoms with van der Waals surface area (Å²) in [7, 11) is 0. The summed E-state index contributed by atoms with van der Waals surface area (Å²) < 4.78 is 0. The summed E-state index contributed by atoms with van der Waals surface area (Å²) in [5, 5.41) is 6.05. The average Bonchev–Trinajstić information content (AvgIpc) is 2.68. The van der Waals surface area contributed by atoms with Gasteiger partial charge in [0.25, 0.3) is 0 Å². The van der Waals surface area contributed by atoms with Crippen LogP contribution >= 0.6 is 0 Å². The lowest BCUT2D eigenvalue weighted by Crippen LogP contribution is -2.37. The quantitative estimate of drug-likeness (QED) is 0.790. The van der Waals surface area contributed by atoms with Crippen molar-refractivity contribution < 1.29 is 4.79 Å². The van der Waals surface area contributed by atoms with E-state index in [0.29, 0.717) is 18.9 Å². The highest BCUT2D eigenvalue weighted by Crippen LogP contribution is 2.13. The van der Waals surface area contributed by atoms with Gasteiger partial charge in [-0.05, 0) is 32.9 Å². The SMILES string of the molecule is CC(C)(C)NCCC(=O)Nc1nc2ccccc2[nH]1. The molecule has 0 atom stereocenters. The van der Waals surface area contributed by atoms with Crippen molar-refractivity contribution in [3.8, 4) is 0 Å². The fourth-order valence-corrected chi connectivity index (χ4v) is 1.76. The van der Waals surface area contributed by atoms with Crippen LogP contribution in [0.5, 0.6) is 0 Å². The van der Waals surface area contributed by atoms with Gasteiger partial charge < -0.3 is 10.3 Å². The molecule has 5 nitrogen and oxygen atoms in total. The second-order valence-electron chi connectivity index (χ2n) is 5.58. The second-order valence-corrected chi connectivity index (χ2v) is 5.58. The predicted molar refractivity (Wildman–Crippen MR) is 77.1 cm³/mol. The largest absolute Gasteiger partial charge is 0.324 e. The molecule has 0 aliphatic heterocycles. The van der Waals surface area contributed by atoms with Crippen LogP contribution < -0.4 is 10.6 Å². The lowest BCUT2D eigenvalue weighted by Gasteiger charge is -2.19. The van der Waals surface area contributed by atoms with Gasteiger partial charge in [0, 0.05) is 18.5 Å². The molecule has 1 heterocycles. The number of hydrogen-bond donors (Lipinski definition) is 3. The summed E-state index contributed by atoms with van der Waals surface area (Å²) in [5.41, 5.74) is 1.80. The summed E-state index contributed by atoms with van der Waals surface area (Å²) in [6.07, 6.45) is 0.425. The van der Waals surface area contributed by atoms with Crippen molar-refractivity contribution >= 4 is 22.9 Å². The molecule has 3 N–H and O–H groups in total. The van der Waals surface area contributed by atoms with Crippen LogP contribution in [-0.4, -0.2) is 28.0 Å². The molecular formula is C14H20N4O. The molecule has 0 saturated heterocycles. The fraction of sp³-hybridized carbons (Fsp3) is 0.429. The zero-order valence-electron chi connectivity index (χ0n) is 11.6. The molecular weight excluding hydrogens is 240 g/mol. The van der Waals surface area contributed by atoms with Crippen LogP contribution in [0.15, 0.2) is 24.3 Å². The van der Waals surface area contributed by atoms with Gasteiger partial charge in [-0.2, -0.15) is 0 Å². The number of imidazole rings is 1. The molecule has 0 aliphatic rings. The third-order valence-electron chi connectivity index (χ3n) is 2.65. The molecule has 0 unspecified atom stereocenters. The number of amides is 1. The van der Waals surface area contributed by atoms with Gasteiger partial charge in [-0.25, -0.2) is 4.98 Å². The summed E-state index contributed by atoms with van der Waals surface area (Å²) in [4.78, 5) is 19.1. The van der Waals surface area contributed by atoms with E-state index in [0.717, 1.165) is 11.0 Å². The van der Waals surface area contributed by atoms with E-state index >= 15 is 0 Å². The number of hydrogen-bond acceptors (Lipinski definition) is 3. The van der Waals surface area contributed by atoms with Crippen LogP contribution in [-0.2, 0) is 4.79 Å². The molecule has 2 aromatic rings. The van der Waals surface area contributed by atoms with Gasteiger partial charge in [-0.3, -0.25) is 10.1 Å². The number of benzene rings is 1. The number of nitrogens with one attached hydrogen (secondary N) is 3. The maximum absolute atomic E-state index is 11.8. The van der Waals surface area contributed by atoms with Crippen molar-refractivity contribution in [2.75, 3.05) is 11.9 Å². The average molecular weight is 260 g/mol. The Balaban J connectivity index is 1.88. The highest BCUT2D eigenvalue weighted by molar-refractivity contribution is 5.91. The van der Waals surface area contributed by atoms with Gasteiger partial charge in [0.05, 0.1) is 11.0 Å². The van der Waals surface area contributed by atoms with Gasteiger partial charge in [-0.15, -0.1) is 0 Å². The predicted octanol–water partition coefficient (Wildman–Crippen LogP) is 2.28. The minimum absolute atomic E-state index is 0.0274. The first-order valence-corrected chi connectivity index (χ1v) is 6.44. The zero-order valence-corrected chi connectivity index (χ0v) is 11.6. The van der Waals surface area contributed by atoms with E-state index in [-0.39, 0.29) is 11.4 Å². The number of fused-ring (bicyclic) bond motifs is 1. The van der Waals surface area contributed by atoms with Crippen LogP contribution in [0, 0.1) is 0 Å². The maximum Gasteiger partial charge on any atom is 0.227 e. The highest BCUT2D eigenvalue weighted by Gasteiger charge is 2.10. The summed E-state index contributed by atoms with van der Waals surface area (Å²) in [5.74, 6) is 0.456. The molecule has 0 saturated carbocycles. The molecule has 5 heteroatoms.